The van der Waals surface area contributed by atoms with Gasteiger partial charge in [-0.25, -0.2) is 13.1 Å². The van der Waals surface area contributed by atoms with Crippen LogP contribution < -0.4 is 4.72 Å². The summed E-state index contributed by atoms with van der Waals surface area (Å²) >= 11 is 0. The molecule has 2 rings (SSSR count). The molecular weight excluding hydrogens is 278 g/mol. The molecule has 0 amide bonds. The van der Waals surface area contributed by atoms with Crippen LogP contribution in [-0.4, -0.2) is 29.8 Å². The number of hydrogen-bond donors (Lipinski definition) is 2. The van der Waals surface area contributed by atoms with E-state index in [0.29, 0.717) is 12.0 Å². The summed E-state index contributed by atoms with van der Waals surface area (Å²) in [7, 11) is -1.80. The van der Waals surface area contributed by atoms with Crippen molar-refractivity contribution in [3.8, 4) is 0 Å². The topological polar surface area (TPSA) is 84.2 Å². The summed E-state index contributed by atoms with van der Waals surface area (Å²) in [6.07, 6.45) is 2.22. The highest BCUT2D eigenvalue weighted by Gasteiger charge is 2.17. The molecule has 0 saturated carbocycles. The first kappa shape index (κ1) is 14.7. The van der Waals surface area contributed by atoms with Gasteiger partial charge in [-0.05, 0) is 17.7 Å². The summed E-state index contributed by atoms with van der Waals surface area (Å²) in [4.78, 5) is 0.118. The number of sulfonamides is 1. The van der Waals surface area contributed by atoms with E-state index in [1.807, 2.05) is 13.1 Å². The lowest BCUT2D eigenvalue weighted by Crippen LogP contribution is -2.27. The fourth-order valence-electron chi connectivity index (χ4n) is 1.93. The number of benzene rings is 1. The van der Waals surface area contributed by atoms with E-state index in [1.165, 1.54) is 6.07 Å². The summed E-state index contributed by atoms with van der Waals surface area (Å²) in [6.45, 7) is -0.0273. The second-order valence-electron chi connectivity index (χ2n) is 4.36. The van der Waals surface area contributed by atoms with E-state index < -0.39 is 10.0 Å². The van der Waals surface area contributed by atoms with Crippen molar-refractivity contribution in [2.24, 2.45) is 7.05 Å². The minimum absolute atomic E-state index is 0.118. The van der Waals surface area contributed by atoms with Gasteiger partial charge in [-0.15, -0.1) is 0 Å². The van der Waals surface area contributed by atoms with Gasteiger partial charge in [0.15, 0.2) is 0 Å². The van der Waals surface area contributed by atoms with Crippen molar-refractivity contribution in [3.63, 3.8) is 0 Å². The molecule has 0 aliphatic rings. The fourth-order valence-corrected chi connectivity index (χ4v) is 3.20. The number of rotatable bonds is 6. The molecular formula is C13H17N3O3S. The lowest BCUT2D eigenvalue weighted by Gasteiger charge is -2.10. The molecule has 0 aliphatic carbocycles. The van der Waals surface area contributed by atoms with Crippen LogP contribution in [0.15, 0.2) is 41.4 Å². The third-order valence-electron chi connectivity index (χ3n) is 3.03. The van der Waals surface area contributed by atoms with E-state index in [-0.39, 0.29) is 18.0 Å². The Labute approximate surface area is 118 Å². The number of aliphatic hydroxyl groups excluding tert-OH is 1. The van der Waals surface area contributed by atoms with Crippen LogP contribution in [0.2, 0.25) is 0 Å². The zero-order valence-corrected chi connectivity index (χ0v) is 12.0. The SMILES string of the molecule is Cn1nccc1CCNS(=O)(=O)c1ccccc1CO. The molecule has 0 atom stereocenters. The minimum atomic E-state index is -3.61. The van der Waals surface area contributed by atoms with Crippen LogP contribution in [0.25, 0.3) is 0 Å². The number of aryl methyl sites for hydroxylation is 1. The number of nitrogens with zero attached hydrogens (tertiary/aromatic N) is 2. The number of aromatic nitrogens is 2. The lowest BCUT2D eigenvalue weighted by molar-refractivity contribution is 0.278. The Morgan fingerprint density at radius 3 is 2.70 bits per heavy atom. The van der Waals surface area contributed by atoms with E-state index >= 15 is 0 Å². The Balaban J connectivity index is 2.06. The highest BCUT2D eigenvalue weighted by Crippen LogP contribution is 2.15. The quantitative estimate of drug-likeness (QED) is 0.809. The smallest absolute Gasteiger partial charge is 0.240 e. The second-order valence-corrected chi connectivity index (χ2v) is 6.10. The first-order chi connectivity index (χ1) is 9.54. The van der Waals surface area contributed by atoms with Crippen molar-refractivity contribution in [3.05, 3.63) is 47.8 Å². The standard InChI is InChI=1S/C13H17N3O3S/c1-16-12(6-8-14-16)7-9-15-20(18,19)13-5-3-2-4-11(13)10-17/h2-6,8,15,17H,7,9-10H2,1H3. The molecule has 0 unspecified atom stereocenters. The molecule has 108 valence electrons. The van der Waals surface area contributed by atoms with E-state index in [0.717, 1.165) is 5.69 Å². The molecule has 20 heavy (non-hydrogen) atoms. The van der Waals surface area contributed by atoms with Crippen molar-refractivity contribution < 1.29 is 13.5 Å². The largest absolute Gasteiger partial charge is 0.392 e. The van der Waals surface area contributed by atoms with Gasteiger partial charge in [0.25, 0.3) is 0 Å². The van der Waals surface area contributed by atoms with Crippen LogP contribution in [0, 0.1) is 0 Å². The van der Waals surface area contributed by atoms with Crippen molar-refractivity contribution in [1.82, 2.24) is 14.5 Å². The maximum atomic E-state index is 12.2. The first-order valence-electron chi connectivity index (χ1n) is 6.20. The molecule has 0 fully saturated rings. The summed E-state index contributed by atoms with van der Waals surface area (Å²) in [5, 5.41) is 13.2. The molecule has 1 aromatic carbocycles. The normalized spacial score (nSPS) is 11.7. The Morgan fingerprint density at radius 1 is 1.30 bits per heavy atom. The molecule has 0 aliphatic heterocycles. The Kier molecular flexibility index (Phi) is 4.53. The Hall–Kier alpha value is -1.70. The van der Waals surface area contributed by atoms with Crippen molar-refractivity contribution in [2.45, 2.75) is 17.9 Å². The highest BCUT2D eigenvalue weighted by molar-refractivity contribution is 7.89. The fraction of sp³-hybridized carbons (Fsp3) is 0.308. The van der Waals surface area contributed by atoms with Crippen LogP contribution >= 0.6 is 0 Å². The van der Waals surface area contributed by atoms with Gasteiger partial charge < -0.3 is 5.11 Å². The molecule has 2 N–H and O–H groups in total. The van der Waals surface area contributed by atoms with E-state index in [4.69, 9.17) is 0 Å². The zero-order valence-electron chi connectivity index (χ0n) is 11.2. The number of hydrogen-bond acceptors (Lipinski definition) is 4. The van der Waals surface area contributed by atoms with Gasteiger partial charge in [-0.1, -0.05) is 18.2 Å². The van der Waals surface area contributed by atoms with Crippen LogP contribution in [0.3, 0.4) is 0 Å². The third-order valence-corrected chi connectivity index (χ3v) is 4.59. The Bertz CT molecular complexity index is 680. The van der Waals surface area contributed by atoms with Gasteiger partial charge in [0.1, 0.15) is 0 Å². The van der Waals surface area contributed by atoms with Crippen molar-refractivity contribution in [1.29, 1.82) is 0 Å². The highest BCUT2D eigenvalue weighted by atomic mass is 32.2. The van der Waals surface area contributed by atoms with Crippen molar-refractivity contribution in [2.75, 3.05) is 6.54 Å². The minimum Gasteiger partial charge on any atom is -0.392 e. The maximum Gasteiger partial charge on any atom is 0.240 e. The van der Waals surface area contributed by atoms with Gasteiger partial charge in [0, 0.05) is 31.9 Å². The molecule has 1 heterocycles. The van der Waals surface area contributed by atoms with Gasteiger partial charge in [-0.2, -0.15) is 5.10 Å². The predicted octanol–water partition coefficient (Wildman–Crippen LogP) is 0.433. The monoisotopic (exact) mass is 295 g/mol. The molecule has 1 aromatic heterocycles. The molecule has 0 radical (unpaired) electrons. The van der Waals surface area contributed by atoms with Gasteiger partial charge in [0.05, 0.1) is 11.5 Å². The molecule has 0 spiro atoms. The second kappa shape index (κ2) is 6.17. The number of nitrogens with one attached hydrogen (secondary N) is 1. The average molecular weight is 295 g/mol. The third kappa shape index (κ3) is 3.24. The van der Waals surface area contributed by atoms with Crippen LogP contribution in [0.4, 0.5) is 0 Å². The van der Waals surface area contributed by atoms with Crippen LogP contribution in [0.1, 0.15) is 11.3 Å². The number of aliphatic hydroxyl groups is 1. The van der Waals surface area contributed by atoms with Gasteiger partial charge in [-0.3, -0.25) is 4.68 Å². The summed E-state index contributed by atoms with van der Waals surface area (Å²) in [5.74, 6) is 0. The van der Waals surface area contributed by atoms with E-state index in [2.05, 4.69) is 9.82 Å². The predicted molar refractivity (Wildman–Crippen MR) is 74.5 cm³/mol. The van der Waals surface area contributed by atoms with Crippen LogP contribution in [0.5, 0.6) is 0 Å². The van der Waals surface area contributed by atoms with E-state index in [1.54, 1.807) is 29.1 Å². The van der Waals surface area contributed by atoms with Crippen LogP contribution in [-0.2, 0) is 30.1 Å². The van der Waals surface area contributed by atoms with Gasteiger partial charge in [0.2, 0.25) is 10.0 Å². The molecule has 2 aromatic rings. The molecule has 0 bridgehead atoms. The van der Waals surface area contributed by atoms with E-state index in [9.17, 15) is 13.5 Å². The molecule has 6 nitrogen and oxygen atoms in total. The Morgan fingerprint density at radius 2 is 2.05 bits per heavy atom. The summed E-state index contributed by atoms with van der Waals surface area (Å²) < 4.78 is 28.6. The zero-order chi connectivity index (χ0) is 14.6. The first-order valence-corrected chi connectivity index (χ1v) is 7.68. The summed E-state index contributed by atoms with van der Waals surface area (Å²) in [5.41, 5.74) is 1.34. The molecule has 0 saturated heterocycles. The lowest BCUT2D eigenvalue weighted by atomic mass is 10.2. The summed E-state index contributed by atoms with van der Waals surface area (Å²) in [6, 6.07) is 8.25. The van der Waals surface area contributed by atoms with Crippen molar-refractivity contribution >= 4 is 10.0 Å². The maximum absolute atomic E-state index is 12.2. The average Bonchev–Trinajstić information content (AvgIpc) is 2.84. The van der Waals surface area contributed by atoms with Gasteiger partial charge >= 0.3 is 0 Å². The molecule has 7 heteroatoms.